The van der Waals surface area contributed by atoms with Gasteiger partial charge in [-0.25, -0.2) is 0 Å². The van der Waals surface area contributed by atoms with E-state index in [2.05, 4.69) is 232 Å². The van der Waals surface area contributed by atoms with Crippen LogP contribution in [0.2, 0.25) is 0 Å². The van der Waals surface area contributed by atoms with Gasteiger partial charge in [-0.05, 0) is 95.1 Å². The maximum absolute atomic E-state index is 10.3. The molecule has 0 amide bonds. The molecule has 0 unspecified atom stereocenters. The SMILES string of the molecule is N#Cc1ccc(-c2cccc(-c3c(-c4ccccc4-n4c5ccccc5c5c(-n6c7ccccc7c7ccccc76)cccc54)cccc3-n3c4ccccc4c4ccccc43)c2)c(C#N)c1. The first-order valence-electron chi connectivity index (χ1n) is 22.5. The van der Waals surface area contributed by atoms with Gasteiger partial charge < -0.3 is 13.7 Å². The Balaban J connectivity index is 1.11. The Morgan fingerprint density at radius 3 is 1.37 bits per heavy atom. The summed E-state index contributed by atoms with van der Waals surface area (Å²) >= 11 is 0. The Hall–Kier alpha value is -9.42. The molecular weight excluding hydrogens is 815 g/mol. The second-order valence-corrected chi connectivity index (χ2v) is 17.0. The number of aromatic nitrogens is 3. The fourth-order valence-corrected chi connectivity index (χ4v) is 10.8. The molecule has 0 N–H and O–H groups in total. The summed E-state index contributed by atoms with van der Waals surface area (Å²) in [4.78, 5) is 0. The summed E-state index contributed by atoms with van der Waals surface area (Å²) in [5.74, 6) is 0. The highest BCUT2D eigenvalue weighted by Crippen LogP contribution is 2.46. The Labute approximate surface area is 386 Å². The third-order valence-corrected chi connectivity index (χ3v) is 13.5. The zero-order chi connectivity index (χ0) is 44.6. The predicted molar refractivity (Wildman–Crippen MR) is 275 cm³/mol. The molecule has 5 heteroatoms. The summed E-state index contributed by atoms with van der Waals surface area (Å²) in [6.07, 6.45) is 0. The topological polar surface area (TPSA) is 62.4 Å². The van der Waals surface area contributed by atoms with Gasteiger partial charge in [-0.15, -0.1) is 0 Å². The van der Waals surface area contributed by atoms with Crippen molar-refractivity contribution >= 4 is 65.4 Å². The van der Waals surface area contributed by atoms with Gasteiger partial charge in [-0.3, -0.25) is 0 Å². The molecule has 3 heterocycles. The van der Waals surface area contributed by atoms with Crippen LogP contribution in [0.15, 0.2) is 224 Å². The molecule has 0 aliphatic rings. The van der Waals surface area contributed by atoms with Crippen molar-refractivity contribution in [3.8, 4) is 62.6 Å². The second-order valence-electron chi connectivity index (χ2n) is 17.0. The lowest BCUT2D eigenvalue weighted by Gasteiger charge is -2.21. The van der Waals surface area contributed by atoms with E-state index < -0.39 is 0 Å². The minimum atomic E-state index is 0.458. The second kappa shape index (κ2) is 15.1. The number of fused-ring (bicyclic) bond motifs is 9. The highest BCUT2D eigenvalue weighted by Gasteiger charge is 2.24. The first-order valence-corrected chi connectivity index (χ1v) is 22.5. The van der Waals surface area contributed by atoms with Crippen molar-refractivity contribution in [1.82, 2.24) is 13.7 Å². The molecule has 0 aliphatic carbocycles. The van der Waals surface area contributed by atoms with Crippen LogP contribution in [0.3, 0.4) is 0 Å². The summed E-state index contributed by atoms with van der Waals surface area (Å²) in [6.45, 7) is 0. The zero-order valence-corrected chi connectivity index (χ0v) is 36.1. The molecular formula is C62H37N5. The van der Waals surface area contributed by atoms with Crippen LogP contribution < -0.4 is 0 Å². The summed E-state index contributed by atoms with van der Waals surface area (Å²) < 4.78 is 7.28. The Morgan fingerprint density at radius 2 is 0.746 bits per heavy atom. The van der Waals surface area contributed by atoms with E-state index >= 15 is 0 Å². The molecule has 0 fully saturated rings. The number of hydrogen-bond acceptors (Lipinski definition) is 2. The van der Waals surface area contributed by atoms with Crippen molar-refractivity contribution < 1.29 is 0 Å². The molecule has 0 spiro atoms. The van der Waals surface area contributed by atoms with Crippen LogP contribution in [0.25, 0.3) is 116 Å². The molecule has 310 valence electrons. The van der Waals surface area contributed by atoms with E-state index in [1.165, 1.54) is 43.4 Å². The number of nitrogens with zero attached hydrogens (tertiary/aromatic N) is 5. The van der Waals surface area contributed by atoms with Crippen LogP contribution in [-0.2, 0) is 0 Å². The average molecular weight is 852 g/mol. The van der Waals surface area contributed by atoms with E-state index in [1.54, 1.807) is 12.1 Å². The molecule has 0 saturated carbocycles. The third kappa shape index (κ3) is 5.73. The van der Waals surface area contributed by atoms with Gasteiger partial charge in [0, 0.05) is 43.4 Å². The maximum Gasteiger partial charge on any atom is 0.0998 e. The lowest BCUT2D eigenvalue weighted by Crippen LogP contribution is -2.02. The molecule has 5 nitrogen and oxygen atoms in total. The van der Waals surface area contributed by atoms with Gasteiger partial charge in [0.25, 0.3) is 0 Å². The highest BCUT2D eigenvalue weighted by molar-refractivity contribution is 6.17. The van der Waals surface area contributed by atoms with E-state index in [9.17, 15) is 10.5 Å². The largest absolute Gasteiger partial charge is 0.309 e. The molecule has 0 aliphatic heterocycles. The number of para-hydroxylation sites is 6. The van der Waals surface area contributed by atoms with Crippen LogP contribution in [0.4, 0.5) is 0 Å². The van der Waals surface area contributed by atoms with E-state index in [0.717, 1.165) is 72.5 Å². The van der Waals surface area contributed by atoms with E-state index in [1.807, 2.05) is 6.07 Å². The van der Waals surface area contributed by atoms with Crippen LogP contribution in [-0.4, -0.2) is 13.7 Å². The fourth-order valence-electron chi connectivity index (χ4n) is 10.8. The normalized spacial score (nSPS) is 11.6. The predicted octanol–water partition coefficient (Wildman–Crippen LogP) is 15.7. The van der Waals surface area contributed by atoms with Gasteiger partial charge in [0.05, 0.1) is 73.4 Å². The molecule has 13 aromatic rings. The quantitative estimate of drug-likeness (QED) is 0.167. The van der Waals surface area contributed by atoms with Crippen LogP contribution >= 0.6 is 0 Å². The minimum Gasteiger partial charge on any atom is -0.309 e. The van der Waals surface area contributed by atoms with Crippen LogP contribution in [0.5, 0.6) is 0 Å². The molecule has 10 aromatic carbocycles. The van der Waals surface area contributed by atoms with Gasteiger partial charge in [0.15, 0.2) is 0 Å². The van der Waals surface area contributed by atoms with Crippen molar-refractivity contribution in [3.63, 3.8) is 0 Å². The van der Waals surface area contributed by atoms with Crippen molar-refractivity contribution in [2.45, 2.75) is 0 Å². The summed E-state index contributed by atoms with van der Waals surface area (Å²) in [7, 11) is 0. The lowest BCUT2D eigenvalue weighted by atomic mass is 9.89. The van der Waals surface area contributed by atoms with Gasteiger partial charge >= 0.3 is 0 Å². The van der Waals surface area contributed by atoms with E-state index in [-0.39, 0.29) is 0 Å². The number of benzene rings is 10. The van der Waals surface area contributed by atoms with E-state index in [0.29, 0.717) is 11.1 Å². The van der Waals surface area contributed by atoms with Gasteiger partial charge in [-0.2, -0.15) is 10.5 Å². The summed E-state index contributed by atoms with van der Waals surface area (Å²) in [5.41, 5.74) is 16.8. The first-order chi connectivity index (χ1) is 33.2. The summed E-state index contributed by atoms with van der Waals surface area (Å²) in [5, 5.41) is 27.2. The van der Waals surface area contributed by atoms with Crippen molar-refractivity contribution in [1.29, 1.82) is 10.5 Å². The Morgan fingerprint density at radius 1 is 0.299 bits per heavy atom. The van der Waals surface area contributed by atoms with Gasteiger partial charge in [-0.1, -0.05) is 152 Å². The minimum absolute atomic E-state index is 0.458. The molecule has 67 heavy (non-hydrogen) atoms. The molecule has 0 radical (unpaired) electrons. The standard InChI is InChI=1S/C62H37N5/c63-38-40-34-35-44(43(36-40)39-64)41-16-13-17-42(37-41)61-50(24-14-31-58(61)65-52-25-7-1-18-45(52)46-19-2-8-26-53(46)65)49-22-5-11-29-56(49)67-57-30-12-6-23-51(57)62-59(32-15-33-60(62)67)66-54-27-9-3-20-47(54)48-21-4-10-28-55(48)66/h1-37H. The van der Waals surface area contributed by atoms with Crippen molar-refractivity contribution in [2.75, 3.05) is 0 Å². The highest BCUT2D eigenvalue weighted by atomic mass is 15.0. The average Bonchev–Trinajstić information content (AvgIpc) is 4.04. The number of nitriles is 2. The van der Waals surface area contributed by atoms with Gasteiger partial charge in [0.2, 0.25) is 0 Å². The van der Waals surface area contributed by atoms with Crippen LogP contribution in [0.1, 0.15) is 11.1 Å². The molecule has 0 atom stereocenters. The number of hydrogen-bond donors (Lipinski definition) is 0. The van der Waals surface area contributed by atoms with Crippen molar-refractivity contribution in [3.05, 3.63) is 236 Å². The third-order valence-electron chi connectivity index (χ3n) is 13.5. The molecule has 13 rings (SSSR count). The van der Waals surface area contributed by atoms with Gasteiger partial charge in [0.1, 0.15) is 0 Å². The maximum atomic E-state index is 10.3. The monoisotopic (exact) mass is 851 g/mol. The van der Waals surface area contributed by atoms with Crippen LogP contribution in [0, 0.1) is 22.7 Å². The Bertz CT molecular complexity index is 4150. The molecule has 3 aromatic heterocycles. The van der Waals surface area contributed by atoms with Crippen molar-refractivity contribution in [2.24, 2.45) is 0 Å². The first kappa shape index (κ1) is 38.1. The fraction of sp³-hybridized carbons (Fsp3) is 0. The molecule has 0 saturated heterocycles. The lowest BCUT2D eigenvalue weighted by molar-refractivity contribution is 1.16. The number of rotatable bonds is 6. The zero-order valence-electron chi connectivity index (χ0n) is 36.1. The summed E-state index contributed by atoms with van der Waals surface area (Å²) in [6, 6.07) is 84.0. The Kier molecular flexibility index (Phi) is 8.58. The smallest absolute Gasteiger partial charge is 0.0998 e. The van der Waals surface area contributed by atoms with E-state index in [4.69, 9.17) is 0 Å². The molecule has 0 bridgehead atoms.